The number of benzene rings is 5. The molecule has 0 bridgehead atoms. The van der Waals surface area contributed by atoms with E-state index in [-0.39, 0.29) is 0 Å². The van der Waals surface area contributed by atoms with E-state index in [1.54, 1.807) is 12.1 Å². The van der Waals surface area contributed by atoms with Gasteiger partial charge in [-0.05, 0) is 59.3 Å². The van der Waals surface area contributed by atoms with Gasteiger partial charge in [-0.3, -0.25) is 4.57 Å². The zero-order valence-electron chi connectivity index (χ0n) is 20.1. The average Bonchev–Trinajstić information content (AvgIpc) is 3.51. The van der Waals surface area contributed by atoms with Gasteiger partial charge in [0.15, 0.2) is 11.6 Å². The molecule has 5 nitrogen and oxygen atoms in total. The van der Waals surface area contributed by atoms with Crippen LogP contribution < -0.4 is 0 Å². The molecule has 8 rings (SSSR count). The summed E-state index contributed by atoms with van der Waals surface area (Å²) in [6.45, 7) is 0. The van der Waals surface area contributed by atoms with Crippen molar-refractivity contribution in [3.8, 4) is 23.3 Å². The van der Waals surface area contributed by atoms with Gasteiger partial charge in [0.1, 0.15) is 5.58 Å². The van der Waals surface area contributed by atoms with Crippen molar-refractivity contribution in [1.82, 2.24) is 14.5 Å². The van der Waals surface area contributed by atoms with E-state index in [0.29, 0.717) is 17.1 Å². The Balaban J connectivity index is 1.55. The van der Waals surface area contributed by atoms with E-state index in [0.717, 1.165) is 44.2 Å². The van der Waals surface area contributed by atoms with Crippen LogP contribution in [0.4, 0.5) is 0 Å². The largest absolute Gasteiger partial charge is 0.437 e. The van der Waals surface area contributed by atoms with Crippen molar-refractivity contribution >= 4 is 54.6 Å². The van der Waals surface area contributed by atoms with Gasteiger partial charge < -0.3 is 4.42 Å². The summed E-state index contributed by atoms with van der Waals surface area (Å²) in [4.78, 5) is 10.0. The Kier molecular flexibility index (Phi) is 4.23. The van der Waals surface area contributed by atoms with Gasteiger partial charge in [-0.1, -0.05) is 60.7 Å². The number of para-hydroxylation sites is 2. The number of fused-ring (bicyclic) bond motifs is 7. The van der Waals surface area contributed by atoms with Crippen molar-refractivity contribution in [2.75, 3.05) is 0 Å². The van der Waals surface area contributed by atoms with Crippen LogP contribution in [0.2, 0.25) is 0 Å². The first-order valence-electron chi connectivity index (χ1n) is 12.4. The lowest BCUT2D eigenvalue weighted by Gasteiger charge is -2.11. The molecular weight excluding hydrogens is 468 g/mol. The number of rotatable bonds is 2. The Morgan fingerprint density at radius 2 is 1.37 bits per heavy atom. The molecular formula is C33H18N4O. The molecule has 0 fully saturated rings. The molecule has 0 amide bonds. The number of hydrogen-bond donors (Lipinski definition) is 0. The first-order chi connectivity index (χ1) is 18.8. The molecule has 8 aromatic rings. The number of hydrogen-bond acceptors (Lipinski definition) is 4. The van der Waals surface area contributed by atoms with Crippen LogP contribution in [0.5, 0.6) is 0 Å². The van der Waals surface area contributed by atoms with E-state index in [1.807, 2.05) is 30.3 Å². The normalized spacial score (nSPS) is 11.7. The maximum atomic E-state index is 9.27. The second kappa shape index (κ2) is 7.76. The number of aromatic nitrogens is 3. The fourth-order valence-corrected chi connectivity index (χ4v) is 5.47. The summed E-state index contributed by atoms with van der Waals surface area (Å²) < 4.78 is 8.51. The standard InChI is InChI=1S/C33H18N4O/c34-19-20-13-15-21(16-14-20)31-35-32(30-25-10-4-6-12-29(25)38-33(30)36-31)37-27-11-5-3-9-24(27)26-17-22-7-1-2-8-23(22)18-28(26)37/h1-18H. The predicted octanol–water partition coefficient (Wildman–Crippen LogP) is 8.16. The first kappa shape index (κ1) is 20.7. The molecule has 0 atom stereocenters. The molecule has 5 aromatic carbocycles. The van der Waals surface area contributed by atoms with Gasteiger partial charge in [-0.15, -0.1) is 0 Å². The highest BCUT2D eigenvalue weighted by molar-refractivity contribution is 6.16. The van der Waals surface area contributed by atoms with Gasteiger partial charge in [0.2, 0.25) is 5.71 Å². The van der Waals surface area contributed by atoms with Crippen LogP contribution in [0.1, 0.15) is 5.56 Å². The van der Waals surface area contributed by atoms with Gasteiger partial charge in [-0.25, -0.2) is 4.98 Å². The fraction of sp³-hybridized carbons (Fsp3) is 0. The molecule has 176 valence electrons. The third-order valence-corrected chi connectivity index (χ3v) is 7.24. The summed E-state index contributed by atoms with van der Waals surface area (Å²) >= 11 is 0. The topological polar surface area (TPSA) is 67.6 Å². The molecule has 0 radical (unpaired) electrons. The van der Waals surface area contributed by atoms with Gasteiger partial charge in [0.25, 0.3) is 0 Å². The molecule has 0 saturated heterocycles. The van der Waals surface area contributed by atoms with Crippen molar-refractivity contribution in [2.45, 2.75) is 0 Å². The third-order valence-electron chi connectivity index (χ3n) is 7.24. The molecule has 3 aromatic heterocycles. The maximum Gasteiger partial charge on any atom is 0.233 e. The van der Waals surface area contributed by atoms with Crippen molar-refractivity contribution in [2.24, 2.45) is 0 Å². The number of nitrogens with zero attached hydrogens (tertiary/aromatic N) is 4. The Morgan fingerprint density at radius 3 is 2.18 bits per heavy atom. The van der Waals surface area contributed by atoms with E-state index in [1.165, 1.54) is 16.2 Å². The third kappa shape index (κ3) is 2.92. The summed E-state index contributed by atoms with van der Waals surface area (Å²) in [5, 5.41) is 15.8. The van der Waals surface area contributed by atoms with Crippen molar-refractivity contribution in [3.05, 3.63) is 115 Å². The molecule has 0 saturated carbocycles. The van der Waals surface area contributed by atoms with E-state index in [4.69, 9.17) is 14.4 Å². The van der Waals surface area contributed by atoms with Gasteiger partial charge in [0.05, 0.1) is 28.1 Å². The number of furan rings is 1. The smallest absolute Gasteiger partial charge is 0.233 e. The summed E-state index contributed by atoms with van der Waals surface area (Å²) in [6, 6.07) is 38.9. The van der Waals surface area contributed by atoms with Crippen LogP contribution in [0.15, 0.2) is 114 Å². The summed E-state index contributed by atoms with van der Waals surface area (Å²) in [5.41, 5.74) is 4.84. The van der Waals surface area contributed by atoms with E-state index < -0.39 is 0 Å². The van der Waals surface area contributed by atoms with Crippen molar-refractivity contribution in [1.29, 1.82) is 5.26 Å². The summed E-state index contributed by atoms with van der Waals surface area (Å²) in [5.74, 6) is 1.31. The zero-order valence-corrected chi connectivity index (χ0v) is 20.1. The lowest BCUT2D eigenvalue weighted by molar-refractivity contribution is 0.653. The molecule has 0 spiro atoms. The highest BCUT2D eigenvalue weighted by atomic mass is 16.3. The van der Waals surface area contributed by atoms with Crippen molar-refractivity contribution < 1.29 is 4.42 Å². The minimum absolute atomic E-state index is 0.530. The SMILES string of the molecule is N#Cc1ccc(-c2nc(-n3c4ccccc4c4cc5ccccc5cc43)c3c(n2)oc2ccccc23)cc1. The van der Waals surface area contributed by atoms with Gasteiger partial charge in [-0.2, -0.15) is 10.2 Å². The Bertz CT molecular complexity index is 2250. The van der Waals surface area contributed by atoms with Crippen LogP contribution >= 0.6 is 0 Å². The van der Waals surface area contributed by atoms with Gasteiger partial charge >= 0.3 is 0 Å². The van der Waals surface area contributed by atoms with Crippen LogP contribution in [0, 0.1) is 11.3 Å². The molecule has 0 aliphatic rings. The first-order valence-corrected chi connectivity index (χ1v) is 12.4. The summed E-state index contributed by atoms with van der Waals surface area (Å²) in [6.07, 6.45) is 0. The second-order valence-electron chi connectivity index (χ2n) is 9.41. The van der Waals surface area contributed by atoms with E-state index in [2.05, 4.69) is 77.4 Å². The molecule has 0 aliphatic carbocycles. The average molecular weight is 487 g/mol. The van der Waals surface area contributed by atoms with Crippen LogP contribution in [-0.4, -0.2) is 14.5 Å². The van der Waals surface area contributed by atoms with Crippen LogP contribution in [0.3, 0.4) is 0 Å². The molecule has 3 heterocycles. The van der Waals surface area contributed by atoms with E-state index >= 15 is 0 Å². The quantitative estimate of drug-likeness (QED) is 0.247. The van der Waals surface area contributed by atoms with Gasteiger partial charge in [0, 0.05) is 21.7 Å². The minimum Gasteiger partial charge on any atom is -0.437 e. The van der Waals surface area contributed by atoms with Crippen LogP contribution in [-0.2, 0) is 0 Å². The fourth-order valence-electron chi connectivity index (χ4n) is 5.47. The van der Waals surface area contributed by atoms with Crippen molar-refractivity contribution in [3.63, 3.8) is 0 Å². The molecule has 0 N–H and O–H groups in total. The Hall–Kier alpha value is -5.47. The monoisotopic (exact) mass is 486 g/mol. The highest BCUT2D eigenvalue weighted by Crippen LogP contribution is 2.39. The second-order valence-corrected chi connectivity index (χ2v) is 9.41. The molecule has 38 heavy (non-hydrogen) atoms. The number of nitriles is 1. The molecule has 0 unspecified atom stereocenters. The summed E-state index contributed by atoms with van der Waals surface area (Å²) in [7, 11) is 0. The van der Waals surface area contributed by atoms with E-state index in [9.17, 15) is 5.26 Å². The van der Waals surface area contributed by atoms with Crippen LogP contribution in [0.25, 0.3) is 71.9 Å². The molecule has 0 aliphatic heterocycles. The molecule has 5 heteroatoms. The predicted molar refractivity (Wildman–Crippen MR) is 151 cm³/mol. The Morgan fingerprint density at radius 1 is 0.658 bits per heavy atom. The lowest BCUT2D eigenvalue weighted by atomic mass is 10.1. The highest BCUT2D eigenvalue weighted by Gasteiger charge is 2.22. The maximum absolute atomic E-state index is 9.27. The Labute approximate surface area is 216 Å². The zero-order chi connectivity index (χ0) is 25.2. The lowest BCUT2D eigenvalue weighted by Crippen LogP contribution is -2.02. The minimum atomic E-state index is 0.530.